The molecule has 0 aliphatic carbocycles. The summed E-state index contributed by atoms with van der Waals surface area (Å²) in [6, 6.07) is -0.833. The van der Waals surface area contributed by atoms with Crippen molar-refractivity contribution in [3.8, 4) is 0 Å². The highest BCUT2D eigenvalue weighted by atomic mass is 16.2. The summed E-state index contributed by atoms with van der Waals surface area (Å²) in [6.07, 6.45) is 0. The van der Waals surface area contributed by atoms with E-state index in [1.54, 1.807) is 0 Å². The Balaban J connectivity index is -0.0000000646. The van der Waals surface area contributed by atoms with Crippen molar-refractivity contribution in [2.45, 2.75) is 0 Å². The van der Waals surface area contributed by atoms with Gasteiger partial charge in [0.15, 0.2) is 0 Å². The Morgan fingerprint density at radius 1 is 1.33 bits per heavy atom. The molecule has 0 aromatic rings. The summed E-state index contributed by atoms with van der Waals surface area (Å²) in [5.41, 5.74) is 8.50. The molecule has 0 saturated carbocycles. The average Bonchev–Trinajstić information content (AvgIpc) is 1.71. The minimum Gasteiger partial charge on any atom is -0.352 e. The van der Waals surface area contributed by atoms with Crippen LogP contribution in [0.3, 0.4) is 0 Å². The Bertz CT molecular complexity index is 53.8. The zero-order valence-electron chi connectivity index (χ0n) is 5.68. The summed E-state index contributed by atoms with van der Waals surface area (Å²) in [5.74, 6) is 0. The Labute approximate surface area is 54.4 Å². The number of hydrogen-bond donors (Lipinski definition) is 3. The van der Waals surface area contributed by atoms with Gasteiger partial charge >= 0.3 is 6.03 Å². The number of amides is 2. The third kappa shape index (κ3) is 137. The first-order valence-corrected chi connectivity index (χ1v) is 2.07. The largest absolute Gasteiger partial charge is 0.352 e. The summed E-state index contributed by atoms with van der Waals surface area (Å²) in [5, 5.41) is 2.75. The maximum absolute atomic E-state index is 9.00. The molecule has 5 nitrogen and oxygen atoms in total. The van der Waals surface area contributed by atoms with Gasteiger partial charge in [-0.1, -0.05) is 0 Å². The van der Waals surface area contributed by atoms with Crippen LogP contribution in [0.5, 0.6) is 0 Å². The second-order valence-electron chi connectivity index (χ2n) is 0.902. The number of primary amides is 2. The van der Waals surface area contributed by atoms with Crippen LogP contribution in [0.25, 0.3) is 0 Å². The van der Waals surface area contributed by atoms with Gasteiger partial charge in [0.2, 0.25) is 0 Å². The fourth-order valence-corrected chi connectivity index (χ4v) is 0. The Morgan fingerprint density at radius 3 is 1.33 bits per heavy atom. The number of urea groups is 1. The van der Waals surface area contributed by atoms with Gasteiger partial charge in [-0.2, -0.15) is 0 Å². The van der Waals surface area contributed by atoms with Gasteiger partial charge in [0, 0.05) is 0 Å². The van der Waals surface area contributed by atoms with Crippen LogP contribution in [0.4, 0.5) is 4.79 Å². The SMILES string of the molecule is C=O.CNC.NC(N)=O. The fourth-order valence-electron chi connectivity index (χ4n) is 0. The molecule has 0 unspecified atom stereocenters. The van der Waals surface area contributed by atoms with Crippen LogP contribution in [0.2, 0.25) is 0 Å². The number of nitrogens with two attached hydrogens (primary N) is 2. The third-order valence-electron chi connectivity index (χ3n) is 0. The number of hydrogen-bond acceptors (Lipinski definition) is 3. The van der Waals surface area contributed by atoms with E-state index in [1.807, 2.05) is 20.9 Å². The molecule has 56 valence electrons. The van der Waals surface area contributed by atoms with Gasteiger partial charge in [-0.25, -0.2) is 4.79 Å². The van der Waals surface area contributed by atoms with Crippen molar-refractivity contribution in [2.75, 3.05) is 14.1 Å². The molecule has 0 saturated heterocycles. The van der Waals surface area contributed by atoms with Crippen molar-refractivity contribution in [3.05, 3.63) is 0 Å². The lowest BCUT2D eigenvalue weighted by molar-refractivity contribution is -0.0979. The monoisotopic (exact) mass is 135 g/mol. The molecule has 0 radical (unpaired) electrons. The van der Waals surface area contributed by atoms with Gasteiger partial charge in [-0.3, -0.25) is 0 Å². The van der Waals surface area contributed by atoms with Crippen molar-refractivity contribution in [1.82, 2.24) is 5.32 Å². The lowest BCUT2D eigenvalue weighted by Crippen LogP contribution is -2.18. The Morgan fingerprint density at radius 2 is 1.33 bits per heavy atom. The zero-order chi connectivity index (χ0) is 8.28. The second-order valence-corrected chi connectivity index (χ2v) is 0.902. The molecule has 9 heavy (non-hydrogen) atoms. The molecule has 0 spiro atoms. The van der Waals surface area contributed by atoms with Crippen LogP contribution in [-0.2, 0) is 4.79 Å². The normalized spacial score (nSPS) is 5.11. The van der Waals surface area contributed by atoms with Gasteiger partial charge in [0.1, 0.15) is 6.79 Å². The van der Waals surface area contributed by atoms with Gasteiger partial charge < -0.3 is 21.6 Å². The van der Waals surface area contributed by atoms with Gasteiger partial charge in [0.25, 0.3) is 0 Å². The predicted octanol–water partition coefficient (Wildman–Crippen LogP) is -1.33. The van der Waals surface area contributed by atoms with Crippen LogP contribution < -0.4 is 16.8 Å². The fraction of sp³-hybridized carbons (Fsp3) is 0.500. The van der Waals surface area contributed by atoms with Gasteiger partial charge in [-0.05, 0) is 14.1 Å². The van der Waals surface area contributed by atoms with E-state index in [9.17, 15) is 0 Å². The van der Waals surface area contributed by atoms with E-state index in [0.717, 1.165) is 0 Å². The minimum absolute atomic E-state index is 0.833. The second kappa shape index (κ2) is 28.6. The Hall–Kier alpha value is -1.10. The van der Waals surface area contributed by atoms with E-state index < -0.39 is 6.03 Å². The number of carbonyl (C=O) groups is 2. The highest BCUT2D eigenvalue weighted by Crippen LogP contribution is 1.25. The molecule has 0 heterocycles. The summed E-state index contributed by atoms with van der Waals surface area (Å²) in [4.78, 5) is 17.0. The van der Waals surface area contributed by atoms with Crippen molar-refractivity contribution in [1.29, 1.82) is 0 Å². The minimum atomic E-state index is -0.833. The van der Waals surface area contributed by atoms with E-state index in [0.29, 0.717) is 0 Å². The first-order valence-electron chi connectivity index (χ1n) is 2.07. The summed E-state index contributed by atoms with van der Waals surface area (Å²) < 4.78 is 0. The molecule has 5 N–H and O–H groups in total. The standard InChI is InChI=1S/C2H7N.CH4N2O.CH2O/c1-3-2;2-1(3)4;1-2/h3H,1-2H3;(H4,2,3,4);1H2. The molecular formula is C4H13N3O2. The van der Waals surface area contributed by atoms with Crippen LogP contribution in [-0.4, -0.2) is 26.9 Å². The lowest BCUT2D eigenvalue weighted by atomic mass is 11.2. The van der Waals surface area contributed by atoms with Crippen molar-refractivity contribution >= 4 is 12.8 Å². The highest BCUT2D eigenvalue weighted by molar-refractivity contribution is 5.69. The first-order chi connectivity index (χ1) is 4.15. The van der Waals surface area contributed by atoms with Crippen LogP contribution in [0.1, 0.15) is 0 Å². The third-order valence-corrected chi connectivity index (χ3v) is 0. The summed E-state index contributed by atoms with van der Waals surface area (Å²) in [6.45, 7) is 2.00. The molecule has 0 aliphatic heterocycles. The van der Waals surface area contributed by atoms with E-state index in [2.05, 4.69) is 16.8 Å². The number of rotatable bonds is 0. The van der Waals surface area contributed by atoms with Crippen molar-refractivity contribution in [3.63, 3.8) is 0 Å². The molecule has 0 rings (SSSR count). The smallest absolute Gasteiger partial charge is 0.309 e. The molecule has 0 aromatic heterocycles. The van der Waals surface area contributed by atoms with E-state index in [4.69, 9.17) is 9.59 Å². The average molecular weight is 135 g/mol. The maximum atomic E-state index is 9.00. The zero-order valence-corrected chi connectivity index (χ0v) is 5.68. The molecule has 0 atom stereocenters. The molecule has 0 fully saturated rings. The molecule has 0 aliphatic rings. The van der Waals surface area contributed by atoms with E-state index in [-0.39, 0.29) is 0 Å². The highest BCUT2D eigenvalue weighted by Gasteiger charge is 1.60. The molecule has 0 aromatic carbocycles. The quantitative estimate of drug-likeness (QED) is 0.384. The van der Waals surface area contributed by atoms with Crippen LogP contribution in [0, 0.1) is 0 Å². The molecule has 2 amide bonds. The predicted molar refractivity (Wildman–Crippen MR) is 35.9 cm³/mol. The van der Waals surface area contributed by atoms with Crippen LogP contribution >= 0.6 is 0 Å². The summed E-state index contributed by atoms with van der Waals surface area (Å²) >= 11 is 0. The topological polar surface area (TPSA) is 98.2 Å². The lowest BCUT2D eigenvalue weighted by Gasteiger charge is -1.62. The van der Waals surface area contributed by atoms with Crippen molar-refractivity contribution < 1.29 is 9.59 Å². The van der Waals surface area contributed by atoms with E-state index in [1.165, 1.54) is 0 Å². The van der Waals surface area contributed by atoms with Gasteiger partial charge in [0.05, 0.1) is 0 Å². The van der Waals surface area contributed by atoms with Gasteiger partial charge in [-0.15, -0.1) is 0 Å². The molecule has 0 bridgehead atoms. The molecular weight excluding hydrogens is 122 g/mol. The Kier molecular flexibility index (Phi) is 49.7. The van der Waals surface area contributed by atoms with Crippen LogP contribution in [0.15, 0.2) is 0 Å². The maximum Gasteiger partial charge on any atom is 0.309 e. The van der Waals surface area contributed by atoms with E-state index >= 15 is 0 Å². The first kappa shape index (κ1) is 15.7. The number of nitrogens with one attached hydrogen (secondary N) is 1. The number of carbonyl (C=O) groups excluding carboxylic acids is 2. The molecule has 5 heteroatoms. The van der Waals surface area contributed by atoms with Crippen molar-refractivity contribution in [2.24, 2.45) is 11.5 Å². The summed E-state index contributed by atoms with van der Waals surface area (Å²) in [7, 11) is 3.75.